The zero-order valence-electron chi connectivity index (χ0n) is 16.6. The van der Waals surface area contributed by atoms with Crippen molar-refractivity contribution in [3.63, 3.8) is 0 Å². The van der Waals surface area contributed by atoms with Gasteiger partial charge >= 0.3 is 0 Å². The molecule has 0 aliphatic carbocycles. The molecular weight excluding hydrogens is 366 g/mol. The second-order valence-electron chi connectivity index (χ2n) is 6.68. The average Bonchev–Trinajstić information content (AvgIpc) is 2.72. The molecule has 0 aliphatic rings. The van der Waals surface area contributed by atoms with Crippen molar-refractivity contribution in [2.75, 3.05) is 5.32 Å². The van der Waals surface area contributed by atoms with Crippen LogP contribution < -0.4 is 15.6 Å². The molecule has 0 radical (unpaired) electrons. The molecule has 3 rings (SSSR count). The summed E-state index contributed by atoms with van der Waals surface area (Å²) in [6.45, 7) is 5.47. The molecule has 0 unspecified atom stereocenters. The molecule has 144 valence electrons. The summed E-state index contributed by atoms with van der Waals surface area (Å²) in [5.74, 6) is 1.00. The molecule has 0 saturated carbocycles. The summed E-state index contributed by atoms with van der Waals surface area (Å²) in [6, 6.07) is 14.4. The summed E-state index contributed by atoms with van der Waals surface area (Å²) in [7, 11) is 1.65. The third kappa shape index (κ3) is 3.95. The lowest BCUT2D eigenvalue weighted by atomic mass is 10.1. The molecule has 0 bridgehead atoms. The van der Waals surface area contributed by atoms with E-state index in [0.717, 1.165) is 11.1 Å². The summed E-state index contributed by atoms with van der Waals surface area (Å²) in [6.07, 6.45) is 0. The standard InChI is InChI=1S/C22H19N5O2/c1-13-9-17(12-24)10-14(2)19(13)29-21-15(3)27(4)22(28)20(26-21)25-18-7-5-16(11-23)6-8-18/h5-10H,1-4H3,(H,25,26). The third-order valence-corrected chi connectivity index (χ3v) is 4.60. The predicted molar refractivity (Wildman–Crippen MR) is 109 cm³/mol. The van der Waals surface area contributed by atoms with Gasteiger partial charge in [-0.05, 0) is 68.3 Å². The molecule has 0 saturated heterocycles. The van der Waals surface area contributed by atoms with E-state index in [1.54, 1.807) is 50.4 Å². The van der Waals surface area contributed by atoms with E-state index in [0.29, 0.717) is 34.1 Å². The second-order valence-corrected chi connectivity index (χ2v) is 6.68. The summed E-state index contributed by atoms with van der Waals surface area (Å²) < 4.78 is 7.52. The molecule has 1 heterocycles. The van der Waals surface area contributed by atoms with Crippen molar-refractivity contribution >= 4 is 11.5 Å². The number of benzene rings is 2. The molecule has 2 aromatic carbocycles. The number of nitrogens with zero attached hydrogens (tertiary/aromatic N) is 4. The molecular formula is C22H19N5O2. The van der Waals surface area contributed by atoms with Gasteiger partial charge in [0.15, 0.2) is 0 Å². The second kappa shape index (κ2) is 7.87. The van der Waals surface area contributed by atoms with E-state index in [1.165, 1.54) is 4.57 Å². The SMILES string of the molecule is Cc1cc(C#N)cc(C)c1Oc1nc(Nc2ccc(C#N)cc2)c(=O)n(C)c1C. The first-order chi connectivity index (χ1) is 13.8. The van der Waals surface area contributed by atoms with Crippen molar-refractivity contribution in [1.29, 1.82) is 10.5 Å². The van der Waals surface area contributed by atoms with E-state index in [-0.39, 0.29) is 11.4 Å². The predicted octanol–water partition coefficient (Wildman–Crippen LogP) is 3.98. The Kier molecular flexibility index (Phi) is 5.34. The van der Waals surface area contributed by atoms with Gasteiger partial charge in [-0.2, -0.15) is 15.5 Å². The van der Waals surface area contributed by atoms with Gasteiger partial charge < -0.3 is 14.6 Å². The highest BCUT2D eigenvalue weighted by Crippen LogP contribution is 2.30. The molecule has 3 aromatic rings. The topological polar surface area (TPSA) is 104 Å². The lowest BCUT2D eigenvalue weighted by Gasteiger charge is -2.16. The maximum atomic E-state index is 12.6. The molecule has 7 nitrogen and oxygen atoms in total. The van der Waals surface area contributed by atoms with E-state index in [2.05, 4.69) is 22.4 Å². The Balaban J connectivity index is 2.01. The van der Waals surface area contributed by atoms with Gasteiger partial charge in [0.05, 0.1) is 29.0 Å². The molecule has 1 N–H and O–H groups in total. The summed E-state index contributed by atoms with van der Waals surface area (Å²) >= 11 is 0. The first-order valence-corrected chi connectivity index (χ1v) is 8.88. The number of aryl methyl sites for hydroxylation is 2. The van der Waals surface area contributed by atoms with Gasteiger partial charge in [0.2, 0.25) is 11.7 Å². The van der Waals surface area contributed by atoms with Crippen LogP contribution >= 0.6 is 0 Å². The number of ether oxygens (including phenoxy) is 1. The highest BCUT2D eigenvalue weighted by Gasteiger charge is 2.16. The summed E-state index contributed by atoms with van der Waals surface area (Å²) in [4.78, 5) is 17.0. The maximum absolute atomic E-state index is 12.6. The van der Waals surface area contributed by atoms with Crippen LogP contribution in [-0.2, 0) is 7.05 Å². The van der Waals surface area contributed by atoms with E-state index >= 15 is 0 Å². The lowest BCUT2D eigenvalue weighted by molar-refractivity contribution is 0.443. The average molecular weight is 385 g/mol. The highest BCUT2D eigenvalue weighted by molar-refractivity contribution is 5.58. The van der Waals surface area contributed by atoms with Crippen LogP contribution in [0.5, 0.6) is 11.6 Å². The van der Waals surface area contributed by atoms with E-state index < -0.39 is 0 Å². The normalized spacial score (nSPS) is 10.1. The minimum absolute atomic E-state index is 0.113. The Morgan fingerprint density at radius 1 is 1.00 bits per heavy atom. The number of hydrogen-bond donors (Lipinski definition) is 1. The molecule has 1 aromatic heterocycles. The molecule has 0 aliphatic heterocycles. The van der Waals surface area contributed by atoms with Crippen LogP contribution in [0.3, 0.4) is 0 Å². The Bertz CT molecular complexity index is 1210. The van der Waals surface area contributed by atoms with Crippen LogP contribution in [0.2, 0.25) is 0 Å². The molecule has 0 amide bonds. The van der Waals surface area contributed by atoms with Crippen molar-refractivity contribution in [2.24, 2.45) is 7.05 Å². The smallest absolute Gasteiger partial charge is 0.293 e. The molecule has 0 atom stereocenters. The van der Waals surface area contributed by atoms with Crippen LogP contribution in [0.15, 0.2) is 41.2 Å². The van der Waals surface area contributed by atoms with Gasteiger partial charge in [-0.25, -0.2) is 0 Å². The monoisotopic (exact) mass is 385 g/mol. The van der Waals surface area contributed by atoms with Crippen LogP contribution in [0.25, 0.3) is 0 Å². The van der Waals surface area contributed by atoms with Crippen molar-refractivity contribution < 1.29 is 4.74 Å². The molecule has 0 spiro atoms. The quantitative estimate of drug-likeness (QED) is 0.728. The van der Waals surface area contributed by atoms with Gasteiger partial charge in [0.1, 0.15) is 5.75 Å². The fourth-order valence-electron chi connectivity index (χ4n) is 2.90. The lowest BCUT2D eigenvalue weighted by Crippen LogP contribution is -2.24. The van der Waals surface area contributed by atoms with Gasteiger partial charge in [-0.3, -0.25) is 4.79 Å². The van der Waals surface area contributed by atoms with Crippen molar-refractivity contribution in [3.8, 4) is 23.8 Å². The summed E-state index contributed by atoms with van der Waals surface area (Å²) in [5.41, 5.74) is 3.60. The number of nitrogens with one attached hydrogen (secondary N) is 1. The van der Waals surface area contributed by atoms with Crippen molar-refractivity contribution in [3.05, 3.63) is 74.7 Å². The third-order valence-electron chi connectivity index (χ3n) is 4.60. The first-order valence-electron chi connectivity index (χ1n) is 8.88. The van der Waals surface area contributed by atoms with E-state index in [1.807, 2.05) is 13.8 Å². The van der Waals surface area contributed by atoms with Crippen molar-refractivity contribution in [2.45, 2.75) is 20.8 Å². The Hall–Kier alpha value is -4.10. The minimum atomic E-state index is -0.299. The first kappa shape index (κ1) is 19.7. The summed E-state index contributed by atoms with van der Waals surface area (Å²) in [5, 5.41) is 21.0. The number of rotatable bonds is 4. The zero-order chi connectivity index (χ0) is 21.1. The Labute approximate surface area is 168 Å². The Morgan fingerprint density at radius 3 is 2.14 bits per heavy atom. The van der Waals surface area contributed by atoms with Gasteiger partial charge in [-0.1, -0.05) is 0 Å². The Morgan fingerprint density at radius 2 is 1.59 bits per heavy atom. The van der Waals surface area contributed by atoms with Gasteiger partial charge in [0, 0.05) is 12.7 Å². The van der Waals surface area contributed by atoms with Crippen molar-refractivity contribution in [1.82, 2.24) is 9.55 Å². The number of aromatic nitrogens is 2. The highest BCUT2D eigenvalue weighted by atomic mass is 16.5. The number of nitriles is 2. The maximum Gasteiger partial charge on any atom is 0.293 e. The zero-order valence-corrected chi connectivity index (χ0v) is 16.6. The van der Waals surface area contributed by atoms with Gasteiger partial charge in [-0.15, -0.1) is 0 Å². The molecule has 0 fully saturated rings. The number of anilines is 2. The van der Waals surface area contributed by atoms with Crippen LogP contribution in [0.4, 0.5) is 11.5 Å². The van der Waals surface area contributed by atoms with Crippen LogP contribution in [-0.4, -0.2) is 9.55 Å². The molecule has 29 heavy (non-hydrogen) atoms. The van der Waals surface area contributed by atoms with E-state index in [4.69, 9.17) is 15.3 Å². The van der Waals surface area contributed by atoms with Crippen LogP contribution in [0, 0.1) is 43.4 Å². The number of hydrogen-bond acceptors (Lipinski definition) is 6. The van der Waals surface area contributed by atoms with Crippen LogP contribution in [0.1, 0.15) is 27.9 Å². The largest absolute Gasteiger partial charge is 0.437 e. The van der Waals surface area contributed by atoms with Gasteiger partial charge in [0.25, 0.3) is 5.56 Å². The fourth-order valence-corrected chi connectivity index (χ4v) is 2.90. The minimum Gasteiger partial charge on any atom is -0.437 e. The van der Waals surface area contributed by atoms with E-state index in [9.17, 15) is 4.79 Å². The fraction of sp³-hybridized carbons (Fsp3) is 0.182. The molecule has 7 heteroatoms.